The molecule has 8 nitrogen and oxygen atoms in total. The number of carbonyl (C=O) groups excluding carboxylic acids is 1. The summed E-state index contributed by atoms with van der Waals surface area (Å²) < 4.78 is 45.2. The van der Waals surface area contributed by atoms with E-state index in [1.54, 1.807) is 31.2 Å². The predicted molar refractivity (Wildman–Crippen MR) is 102 cm³/mol. The van der Waals surface area contributed by atoms with Crippen LogP contribution in [0.2, 0.25) is 0 Å². The fourth-order valence-corrected chi connectivity index (χ4v) is 3.19. The van der Waals surface area contributed by atoms with Gasteiger partial charge < -0.3 is 15.4 Å². The maximum absolute atomic E-state index is 12.9. The SMILES string of the molecule is Cc1cc(NCc2cccc(NC(=O)C3CCCO3)c2)n2nc(C(F)(F)F)nc2n1. The van der Waals surface area contributed by atoms with Gasteiger partial charge in [-0.05, 0) is 37.5 Å². The number of aryl methyl sites for hydroxylation is 1. The van der Waals surface area contributed by atoms with Gasteiger partial charge in [0.15, 0.2) is 0 Å². The third-order valence-corrected chi connectivity index (χ3v) is 4.58. The Hall–Kier alpha value is -3.21. The Morgan fingerprint density at radius 3 is 2.87 bits per heavy atom. The van der Waals surface area contributed by atoms with E-state index in [0.717, 1.165) is 16.5 Å². The summed E-state index contributed by atoms with van der Waals surface area (Å²) in [5, 5.41) is 9.41. The molecule has 3 aromatic rings. The van der Waals surface area contributed by atoms with Gasteiger partial charge in [-0.3, -0.25) is 4.79 Å². The highest BCUT2D eigenvalue weighted by Crippen LogP contribution is 2.27. The molecule has 1 fully saturated rings. The molecule has 1 unspecified atom stereocenters. The largest absolute Gasteiger partial charge is 0.453 e. The van der Waals surface area contributed by atoms with Crippen LogP contribution in [0.25, 0.3) is 5.78 Å². The number of ether oxygens (including phenoxy) is 1. The van der Waals surface area contributed by atoms with E-state index in [1.807, 2.05) is 6.07 Å². The van der Waals surface area contributed by atoms with E-state index in [2.05, 4.69) is 25.7 Å². The number of aromatic nitrogens is 4. The van der Waals surface area contributed by atoms with Crippen molar-refractivity contribution in [3.63, 3.8) is 0 Å². The topological polar surface area (TPSA) is 93.4 Å². The molecule has 2 aromatic heterocycles. The normalized spacial score (nSPS) is 16.7. The molecule has 0 saturated carbocycles. The van der Waals surface area contributed by atoms with Gasteiger partial charge in [0.2, 0.25) is 0 Å². The summed E-state index contributed by atoms with van der Waals surface area (Å²) in [7, 11) is 0. The van der Waals surface area contributed by atoms with Gasteiger partial charge in [0.25, 0.3) is 17.5 Å². The third kappa shape index (κ3) is 4.35. The van der Waals surface area contributed by atoms with Crippen molar-refractivity contribution in [3.8, 4) is 0 Å². The Labute approximate surface area is 169 Å². The van der Waals surface area contributed by atoms with Crippen molar-refractivity contribution in [2.75, 3.05) is 17.2 Å². The van der Waals surface area contributed by atoms with E-state index >= 15 is 0 Å². The quantitative estimate of drug-likeness (QED) is 0.659. The summed E-state index contributed by atoms with van der Waals surface area (Å²) in [5.41, 5.74) is 1.94. The zero-order chi connectivity index (χ0) is 21.3. The minimum absolute atomic E-state index is 0.137. The minimum Gasteiger partial charge on any atom is -0.368 e. The number of nitrogens with one attached hydrogen (secondary N) is 2. The number of rotatable bonds is 5. The fourth-order valence-electron chi connectivity index (χ4n) is 3.19. The number of anilines is 2. The Kier molecular flexibility index (Phi) is 5.29. The van der Waals surface area contributed by atoms with E-state index in [1.165, 1.54) is 0 Å². The lowest BCUT2D eigenvalue weighted by atomic mass is 10.2. The average Bonchev–Trinajstić information content (AvgIpc) is 3.36. The second-order valence-electron chi connectivity index (χ2n) is 6.97. The molecule has 0 bridgehead atoms. The van der Waals surface area contributed by atoms with Gasteiger partial charge in [0.1, 0.15) is 11.9 Å². The van der Waals surface area contributed by atoms with E-state index < -0.39 is 18.1 Å². The summed E-state index contributed by atoms with van der Waals surface area (Å²) in [5.74, 6) is -1.24. The van der Waals surface area contributed by atoms with Gasteiger partial charge in [0, 0.05) is 30.6 Å². The number of hydrogen-bond acceptors (Lipinski definition) is 6. The molecule has 1 aromatic carbocycles. The van der Waals surface area contributed by atoms with Crippen molar-refractivity contribution in [1.82, 2.24) is 19.6 Å². The van der Waals surface area contributed by atoms with Crippen LogP contribution < -0.4 is 10.6 Å². The first-order valence-electron chi connectivity index (χ1n) is 9.36. The molecule has 30 heavy (non-hydrogen) atoms. The molecule has 0 aliphatic carbocycles. The first-order valence-corrected chi connectivity index (χ1v) is 9.36. The van der Waals surface area contributed by atoms with Crippen molar-refractivity contribution in [2.45, 2.75) is 38.6 Å². The van der Waals surface area contributed by atoms with Crippen molar-refractivity contribution < 1.29 is 22.7 Å². The minimum atomic E-state index is -4.66. The number of nitrogens with zero attached hydrogens (tertiary/aromatic N) is 4. The van der Waals surface area contributed by atoms with E-state index in [-0.39, 0.29) is 11.7 Å². The first-order chi connectivity index (χ1) is 14.3. The van der Waals surface area contributed by atoms with E-state index in [0.29, 0.717) is 36.8 Å². The van der Waals surface area contributed by atoms with Crippen LogP contribution in [-0.4, -0.2) is 38.2 Å². The second kappa shape index (κ2) is 7.90. The highest BCUT2D eigenvalue weighted by Gasteiger charge is 2.36. The lowest BCUT2D eigenvalue weighted by Crippen LogP contribution is -2.26. The van der Waals surface area contributed by atoms with E-state index in [9.17, 15) is 18.0 Å². The van der Waals surface area contributed by atoms with Crippen molar-refractivity contribution in [2.24, 2.45) is 0 Å². The molecule has 158 valence electrons. The van der Waals surface area contributed by atoms with Gasteiger partial charge in [0.05, 0.1) is 0 Å². The zero-order valence-corrected chi connectivity index (χ0v) is 16.0. The number of halogens is 3. The number of alkyl halides is 3. The van der Waals surface area contributed by atoms with Crippen LogP contribution in [0.4, 0.5) is 24.7 Å². The summed E-state index contributed by atoms with van der Waals surface area (Å²) in [6.45, 7) is 2.54. The van der Waals surface area contributed by atoms with Crippen molar-refractivity contribution in [1.29, 1.82) is 0 Å². The average molecular weight is 420 g/mol. The molecule has 0 radical (unpaired) electrons. The summed E-state index contributed by atoms with van der Waals surface area (Å²) >= 11 is 0. The van der Waals surface area contributed by atoms with Gasteiger partial charge >= 0.3 is 6.18 Å². The number of hydrogen-bond donors (Lipinski definition) is 2. The van der Waals surface area contributed by atoms with Gasteiger partial charge in [-0.25, -0.2) is 4.98 Å². The van der Waals surface area contributed by atoms with Crippen LogP contribution in [0, 0.1) is 6.92 Å². The molecule has 1 atom stereocenters. The molecule has 1 aliphatic rings. The predicted octanol–water partition coefficient (Wildman–Crippen LogP) is 3.18. The zero-order valence-electron chi connectivity index (χ0n) is 16.0. The van der Waals surface area contributed by atoms with E-state index in [4.69, 9.17) is 4.74 Å². The monoisotopic (exact) mass is 420 g/mol. The molecule has 1 aliphatic heterocycles. The molecule has 1 amide bonds. The molecule has 2 N–H and O–H groups in total. The Morgan fingerprint density at radius 1 is 1.30 bits per heavy atom. The summed E-state index contributed by atoms with van der Waals surface area (Å²) in [6, 6.07) is 8.76. The smallest absolute Gasteiger partial charge is 0.368 e. The Bertz CT molecular complexity index is 1080. The van der Waals surface area contributed by atoms with Crippen LogP contribution in [0.5, 0.6) is 0 Å². The van der Waals surface area contributed by atoms with Crippen LogP contribution in [0.15, 0.2) is 30.3 Å². The van der Waals surface area contributed by atoms with Crippen molar-refractivity contribution >= 4 is 23.2 Å². The standard InChI is InChI=1S/C19H19F3N6O2/c1-11-8-15(28-18(24-11)26-17(27-28)19(20,21)22)23-10-12-4-2-5-13(9-12)25-16(29)14-6-3-7-30-14/h2,4-5,8-9,14,23H,3,6-7,10H2,1H3,(H,25,29). The maximum atomic E-state index is 12.9. The maximum Gasteiger partial charge on any atom is 0.453 e. The molecule has 4 rings (SSSR count). The van der Waals surface area contributed by atoms with Crippen LogP contribution in [0.3, 0.4) is 0 Å². The van der Waals surface area contributed by atoms with Crippen LogP contribution in [0.1, 0.15) is 29.9 Å². The molecule has 0 spiro atoms. The Balaban J connectivity index is 1.50. The lowest BCUT2D eigenvalue weighted by molar-refractivity contribution is -0.144. The summed E-state index contributed by atoms with van der Waals surface area (Å²) in [4.78, 5) is 19.7. The first kappa shape index (κ1) is 20.1. The number of benzene rings is 1. The highest BCUT2D eigenvalue weighted by molar-refractivity contribution is 5.94. The van der Waals surface area contributed by atoms with Gasteiger partial charge in [-0.2, -0.15) is 22.7 Å². The third-order valence-electron chi connectivity index (χ3n) is 4.58. The number of fused-ring (bicyclic) bond motifs is 1. The van der Waals surface area contributed by atoms with Crippen molar-refractivity contribution in [3.05, 3.63) is 47.4 Å². The van der Waals surface area contributed by atoms with Crippen LogP contribution >= 0.6 is 0 Å². The molecule has 1 saturated heterocycles. The van der Waals surface area contributed by atoms with Gasteiger partial charge in [-0.15, -0.1) is 5.10 Å². The number of carbonyl (C=O) groups is 1. The fraction of sp³-hybridized carbons (Fsp3) is 0.368. The molecular formula is C19H19F3N6O2. The van der Waals surface area contributed by atoms with Crippen LogP contribution in [-0.2, 0) is 22.3 Å². The number of amides is 1. The molecule has 11 heteroatoms. The Morgan fingerprint density at radius 2 is 2.13 bits per heavy atom. The van der Waals surface area contributed by atoms with Gasteiger partial charge in [-0.1, -0.05) is 12.1 Å². The summed E-state index contributed by atoms with van der Waals surface area (Å²) in [6.07, 6.45) is -3.54. The molecule has 3 heterocycles. The second-order valence-corrected chi connectivity index (χ2v) is 6.97. The lowest BCUT2D eigenvalue weighted by Gasteiger charge is -2.12. The highest BCUT2D eigenvalue weighted by atomic mass is 19.4. The molecular weight excluding hydrogens is 401 g/mol.